The molecule has 1 heterocycles. The van der Waals surface area contributed by atoms with Crippen LogP contribution in [0.1, 0.15) is 5.69 Å². The van der Waals surface area contributed by atoms with Crippen molar-refractivity contribution >= 4 is 0 Å². The molecule has 0 atom stereocenters. The van der Waals surface area contributed by atoms with E-state index < -0.39 is 12.7 Å². The molecule has 0 aromatic carbocycles. The van der Waals surface area contributed by atoms with Crippen LogP contribution in [0.4, 0.5) is 13.2 Å². The molecule has 8 heteroatoms. The van der Waals surface area contributed by atoms with Crippen LogP contribution in [0.2, 0.25) is 0 Å². The van der Waals surface area contributed by atoms with Crippen molar-refractivity contribution in [3.05, 3.63) is 11.9 Å². The van der Waals surface area contributed by atoms with Gasteiger partial charge in [-0.3, -0.25) is 9.58 Å². The van der Waals surface area contributed by atoms with E-state index >= 15 is 0 Å². The van der Waals surface area contributed by atoms with Crippen molar-refractivity contribution in [2.45, 2.75) is 12.7 Å². The zero-order valence-electron chi connectivity index (χ0n) is 8.78. The lowest BCUT2D eigenvalue weighted by Gasteiger charge is -2.21. The lowest BCUT2D eigenvalue weighted by Crippen LogP contribution is -2.35. The van der Waals surface area contributed by atoms with Crippen molar-refractivity contribution in [1.82, 2.24) is 19.9 Å². The van der Waals surface area contributed by atoms with E-state index in [4.69, 9.17) is 5.11 Å². The summed E-state index contributed by atoms with van der Waals surface area (Å²) in [6, 6.07) is 0. The van der Waals surface area contributed by atoms with Gasteiger partial charge >= 0.3 is 6.18 Å². The molecule has 5 nitrogen and oxygen atoms in total. The Morgan fingerprint density at radius 3 is 2.62 bits per heavy atom. The highest BCUT2D eigenvalue weighted by Gasteiger charge is 2.30. The maximum Gasteiger partial charge on any atom is 0.401 e. The van der Waals surface area contributed by atoms with E-state index in [1.807, 2.05) is 0 Å². The second-order valence-corrected chi connectivity index (χ2v) is 3.43. The second kappa shape index (κ2) is 5.26. The molecule has 0 saturated heterocycles. The van der Waals surface area contributed by atoms with Gasteiger partial charge in [-0.25, -0.2) is 0 Å². The van der Waals surface area contributed by atoms with Crippen LogP contribution in [-0.2, 0) is 13.6 Å². The molecular formula is C8H13F3N4O. The number of aryl methyl sites for hydroxylation is 1. The molecule has 0 unspecified atom stereocenters. The van der Waals surface area contributed by atoms with E-state index in [2.05, 4.69) is 10.3 Å². The van der Waals surface area contributed by atoms with Crippen molar-refractivity contribution in [3.8, 4) is 0 Å². The number of hydrogen-bond donors (Lipinski definition) is 1. The Morgan fingerprint density at radius 1 is 1.50 bits per heavy atom. The van der Waals surface area contributed by atoms with E-state index in [0.29, 0.717) is 5.69 Å². The van der Waals surface area contributed by atoms with E-state index in [1.54, 1.807) is 13.2 Å². The first kappa shape index (κ1) is 12.9. The summed E-state index contributed by atoms with van der Waals surface area (Å²) >= 11 is 0. The first-order valence-electron chi connectivity index (χ1n) is 4.66. The number of aliphatic hydroxyl groups excluding tert-OH is 1. The summed E-state index contributed by atoms with van der Waals surface area (Å²) in [6.07, 6.45) is -2.74. The molecule has 0 saturated carbocycles. The highest BCUT2D eigenvalue weighted by Crippen LogP contribution is 2.17. The summed E-state index contributed by atoms with van der Waals surface area (Å²) < 4.78 is 37.9. The highest BCUT2D eigenvalue weighted by atomic mass is 19.4. The van der Waals surface area contributed by atoms with Gasteiger partial charge in [0.1, 0.15) is 0 Å². The number of rotatable bonds is 5. The SMILES string of the molecule is Cn1cc(CN(CCO)CC(F)(F)F)nn1. The standard InChI is InChI=1S/C8H13F3N4O/c1-14-4-7(12-13-14)5-15(2-3-16)6-8(9,10)11/h4,16H,2-3,5-6H2,1H3. The fraction of sp³-hybridized carbons (Fsp3) is 0.750. The lowest BCUT2D eigenvalue weighted by atomic mass is 10.4. The lowest BCUT2D eigenvalue weighted by molar-refractivity contribution is -0.148. The van der Waals surface area contributed by atoms with Crippen molar-refractivity contribution < 1.29 is 18.3 Å². The molecule has 16 heavy (non-hydrogen) atoms. The average Bonchev–Trinajstić information content (AvgIpc) is 2.48. The van der Waals surface area contributed by atoms with Gasteiger partial charge in [0.25, 0.3) is 0 Å². The van der Waals surface area contributed by atoms with Gasteiger partial charge in [-0.15, -0.1) is 5.10 Å². The summed E-state index contributed by atoms with van der Waals surface area (Å²) in [6.45, 7) is -1.41. The predicted molar refractivity (Wildman–Crippen MR) is 49.4 cm³/mol. The Morgan fingerprint density at radius 2 is 2.19 bits per heavy atom. The molecule has 1 rings (SSSR count). The van der Waals surface area contributed by atoms with Gasteiger partial charge in [0.05, 0.1) is 18.8 Å². The quantitative estimate of drug-likeness (QED) is 0.794. The van der Waals surface area contributed by atoms with E-state index in [0.717, 1.165) is 4.90 Å². The summed E-state index contributed by atoms with van der Waals surface area (Å²) in [5, 5.41) is 16.0. The third-order valence-corrected chi connectivity index (χ3v) is 1.85. The van der Waals surface area contributed by atoms with Crippen molar-refractivity contribution in [2.75, 3.05) is 19.7 Å². The van der Waals surface area contributed by atoms with Gasteiger partial charge in [0.15, 0.2) is 0 Å². The Kier molecular flexibility index (Phi) is 4.25. The number of aromatic nitrogens is 3. The van der Waals surface area contributed by atoms with Gasteiger partial charge in [0, 0.05) is 26.3 Å². The molecule has 0 aliphatic heterocycles. The largest absolute Gasteiger partial charge is 0.401 e. The predicted octanol–water partition coefficient (Wildman–Crippen LogP) is 0.172. The topological polar surface area (TPSA) is 54.2 Å². The summed E-state index contributed by atoms with van der Waals surface area (Å²) in [7, 11) is 1.64. The van der Waals surface area contributed by atoms with Gasteiger partial charge < -0.3 is 5.11 Å². The Bertz CT molecular complexity index is 325. The first-order valence-corrected chi connectivity index (χ1v) is 4.66. The first-order chi connectivity index (χ1) is 7.40. The number of hydrogen-bond acceptors (Lipinski definition) is 4. The average molecular weight is 238 g/mol. The molecule has 0 spiro atoms. The van der Waals surface area contributed by atoms with E-state index in [9.17, 15) is 13.2 Å². The normalized spacial score (nSPS) is 12.4. The summed E-state index contributed by atoms with van der Waals surface area (Å²) in [5.41, 5.74) is 0.445. The summed E-state index contributed by atoms with van der Waals surface area (Å²) in [4.78, 5) is 1.07. The van der Waals surface area contributed by atoms with Gasteiger partial charge in [0.2, 0.25) is 0 Å². The van der Waals surface area contributed by atoms with Crippen molar-refractivity contribution in [3.63, 3.8) is 0 Å². The molecule has 92 valence electrons. The van der Waals surface area contributed by atoms with Crippen LogP contribution < -0.4 is 0 Å². The minimum atomic E-state index is -4.28. The molecule has 0 radical (unpaired) electrons. The molecule has 0 amide bonds. The third kappa shape index (κ3) is 4.58. The molecule has 1 aromatic rings. The number of aliphatic hydroxyl groups is 1. The Balaban J connectivity index is 2.57. The Labute approximate surface area is 90.5 Å². The number of alkyl halides is 3. The zero-order valence-corrected chi connectivity index (χ0v) is 8.78. The number of halogens is 3. The van der Waals surface area contributed by atoms with Gasteiger partial charge in [-0.2, -0.15) is 13.2 Å². The smallest absolute Gasteiger partial charge is 0.395 e. The maximum absolute atomic E-state index is 12.2. The minimum Gasteiger partial charge on any atom is -0.395 e. The summed E-state index contributed by atoms with van der Waals surface area (Å²) in [5.74, 6) is 0. The van der Waals surface area contributed by atoms with Crippen LogP contribution in [0.25, 0.3) is 0 Å². The fourth-order valence-corrected chi connectivity index (χ4v) is 1.31. The number of nitrogens with zero attached hydrogens (tertiary/aromatic N) is 4. The van der Waals surface area contributed by atoms with Gasteiger partial charge in [-0.1, -0.05) is 5.21 Å². The van der Waals surface area contributed by atoms with Crippen LogP contribution in [-0.4, -0.2) is 50.9 Å². The zero-order chi connectivity index (χ0) is 12.2. The molecule has 1 N–H and O–H groups in total. The minimum absolute atomic E-state index is 0.0217. The second-order valence-electron chi connectivity index (χ2n) is 3.43. The van der Waals surface area contributed by atoms with Crippen LogP contribution >= 0.6 is 0 Å². The van der Waals surface area contributed by atoms with E-state index in [-0.39, 0.29) is 19.7 Å². The van der Waals surface area contributed by atoms with Gasteiger partial charge in [-0.05, 0) is 0 Å². The monoisotopic (exact) mass is 238 g/mol. The van der Waals surface area contributed by atoms with Crippen LogP contribution in [0, 0.1) is 0 Å². The molecular weight excluding hydrogens is 225 g/mol. The maximum atomic E-state index is 12.2. The highest BCUT2D eigenvalue weighted by molar-refractivity contribution is 4.91. The van der Waals surface area contributed by atoms with Crippen LogP contribution in [0.5, 0.6) is 0 Å². The Hall–Kier alpha value is -1.15. The van der Waals surface area contributed by atoms with Crippen LogP contribution in [0.15, 0.2) is 6.20 Å². The molecule has 0 aliphatic carbocycles. The molecule has 0 fully saturated rings. The van der Waals surface area contributed by atoms with Crippen molar-refractivity contribution in [1.29, 1.82) is 0 Å². The molecule has 0 aliphatic rings. The third-order valence-electron chi connectivity index (χ3n) is 1.85. The van der Waals surface area contributed by atoms with Crippen LogP contribution in [0.3, 0.4) is 0 Å². The van der Waals surface area contributed by atoms with Crippen molar-refractivity contribution in [2.24, 2.45) is 7.05 Å². The molecule has 0 bridgehead atoms. The van der Waals surface area contributed by atoms with E-state index in [1.165, 1.54) is 4.68 Å². The fourth-order valence-electron chi connectivity index (χ4n) is 1.31. The molecule has 1 aromatic heterocycles.